The molecule has 0 saturated carbocycles. The van der Waals surface area contributed by atoms with E-state index in [9.17, 15) is 22.8 Å². The summed E-state index contributed by atoms with van der Waals surface area (Å²) in [5.41, 5.74) is -0.160. The lowest BCUT2D eigenvalue weighted by atomic mass is 10.0. The van der Waals surface area contributed by atoms with Gasteiger partial charge in [-0.05, 0) is 12.1 Å². The third-order valence-corrected chi connectivity index (χ3v) is 4.99. The zero-order valence-corrected chi connectivity index (χ0v) is 17.6. The van der Waals surface area contributed by atoms with Gasteiger partial charge in [0.1, 0.15) is 6.04 Å². The average molecular weight is 465 g/mol. The maximum Gasteiger partial charge on any atom is 0.416 e. The van der Waals surface area contributed by atoms with Gasteiger partial charge in [-0.2, -0.15) is 13.2 Å². The Hall–Kier alpha value is -4.34. The number of amides is 1. The molecule has 0 aliphatic rings. The van der Waals surface area contributed by atoms with Gasteiger partial charge in [0, 0.05) is 35.9 Å². The van der Waals surface area contributed by atoms with E-state index in [0.29, 0.717) is 5.56 Å². The van der Waals surface area contributed by atoms with Crippen LogP contribution in [-0.4, -0.2) is 37.3 Å². The van der Waals surface area contributed by atoms with Crippen molar-refractivity contribution in [1.29, 1.82) is 0 Å². The molecule has 4 rings (SSSR count). The Kier molecular flexibility index (Phi) is 6.48. The lowest BCUT2D eigenvalue weighted by molar-refractivity contribution is -0.137. The Morgan fingerprint density at radius 2 is 1.71 bits per heavy atom. The average Bonchev–Trinajstić information content (AvgIpc) is 3.36. The number of hydrogen-bond acceptors (Lipinski definition) is 5. The molecule has 1 amide bonds. The third kappa shape index (κ3) is 5.34. The lowest BCUT2D eigenvalue weighted by Gasteiger charge is -2.18. The van der Waals surface area contributed by atoms with Crippen molar-refractivity contribution in [1.82, 2.24) is 24.8 Å². The molecule has 0 saturated heterocycles. The molecule has 172 valence electrons. The molecule has 1 atom stereocenters. The molecule has 0 aliphatic carbocycles. The van der Waals surface area contributed by atoms with Crippen LogP contribution >= 0.6 is 0 Å². The number of Topliss-reactive ketones (excluding diaryl/α,β-unsaturated/α-hetero) is 1. The fraction of sp³-hybridized carbons (Fsp3) is 0.125. The monoisotopic (exact) mass is 465 g/mol. The van der Waals surface area contributed by atoms with E-state index in [-0.39, 0.29) is 29.3 Å². The third-order valence-electron chi connectivity index (χ3n) is 4.99. The largest absolute Gasteiger partial charge is 0.416 e. The van der Waals surface area contributed by atoms with Crippen molar-refractivity contribution in [3.05, 3.63) is 102 Å². The standard InChI is InChI=1S/C24H18F3N5O2/c25-24(26,27)19-8-4-7-17(11-19)22-29-12-18(13-30-22)23(34)31-20(14-32-10-9-28-15-32)21(33)16-5-2-1-3-6-16/h1-13,15,20H,14H2,(H,31,34). The summed E-state index contributed by atoms with van der Waals surface area (Å²) in [5, 5.41) is 2.69. The summed E-state index contributed by atoms with van der Waals surface area (Å²) in [7, 11) is 0. The van der Waals surface area contributed by atoms with E-state index in [4.69, 9.17) is 0 Å². The van der Waals surface area contributed by atoms with Gasteiger partial charge in [-0.15, -0.1) is 0 Å². The van der Waals surface area contributed by atoms with Gasteiger partial charge in [0.2, 0.25) is 0 Å². The van der Waals surface area contributed by atoms with E-state index < -0.39 is 23.7 Å². The molecule has 0 bridgehead atoms. The first-order valence-corrected chi connectivity index (χ1v) is 10.2. The van der Waals surface area contributed by atoms with Crippen LogP contribution in [0.25, 0.3) is 11.4 Å². The van der Waals surface area contributed by atoms with Crippen LogP contribution in [0.5, 0.6) is 0 Å². The van der Waals surface area contributed by atoms with Crippen LogP contribution in [-0.2, 0) is 12.7 Å². The van der Waals surface area contributed by atoms with Gasteiger partial charge in [0.25, 0.3) is 5.91 Å². The van der Waals surface area contributed by atoms with Crippen molar-refractivity contribution in [2.75, 3.05) is 0 Å². The number of rotatable bonds is 7. The quantitative estimate of drug-likeness (QED) is 0.416. The molecule has 0 fully saturated rings. The number of halogens is 3. The van der Waals surface area contributed by atoms with Crippen molar-refractivity contribution >= 4 is 11.7 Å². The molecule has 7 nitrogen and oxygen atoms in total. The summed E-state index contributed by atoms with van der Waals surface area (Å²) < 4.78 is 40.6. The van der Waals surface area contributed by atoms with Crippen LogP contribution in [0.2, 0.25) is 0 Å². The first-order chi connectivity index (χ1) is 16.3. The second-order valence-corrected chi connectivity index (χ2v) is 7.39. The molecule has 0 radical (unpaired) electrons. The van der Waals surface area contributed by atoms with Crippen molar-refractivity contribution in [3.8, 4) is 11.4 Å². The molecule has 2 aromatic heterocycles. The van der Waals surface area contributed by atoms with Crippen LogP contribution in [0.15, 0.2) is 85.7 Å². The Morgan fingerprint density at radius 1 is 0.971 bits per heavy atom. The Morgan fingerprint density at radius 3 is 2.35 bits per heavy atom. The molecule has 0 aliphatic heterocycles. The van der Waals surface area contributed by atoms with Gasteiger partial charge in [0.05, 0.1) is 24.0 Å². The number of carbonyl (C=O) groups is 2. The number of alkyl halides is 3. The zero-order chi connectivity index (χ0) is 24.1. The topological polar surface area (TPSA) is 89.8 Å². The Balaban J connectivity index is 1.53. The second kappa shape index (κ2) is 9.65. The predicted molar refractivity (Wildman–Crippen MR) is 117 cm³/mol. The van der Waals surface area contributed by atoms with Gasteiger partial charge in [-0.1, -0.05) is 42.5 Å². The van der Waals surface area contributed by atoms with E-state index in [2.05, 4.69) is 20.3 Å². The van der Waals surface area contributed by atoms with Crippen LogP contribution in [0.1, 0.15) is 26.3 Å². The van der Waals surface area contributed by atoms with Gasteiger partial charge in [-0.25, -0.2) is 15.0 Å². The predicted octanol–water partition coefficient (Wildman–Crippen LogP) is 4.04. The summed E-state index contributed by atoms with van der Waals surface area (Å²) >= 11 is 0. The molecule has 1 N–H and O–H groups in total. The number of hydrogen-bond donors (Lipinski definition) is 1. The smallest absolute Gasteiger partial charge is 0.340 e. The van der Waals surface area contributed by atoms with Gasteiger partial charge >= 0.3 is 6.18 Å². The highest BCUT2D eigenvalue weighted by molar-refractivity contribution is 6.04. The molecule has 10 heteroatoms. The Labute approximate surface area is 192 Å². The summed E-state index contributed by atoms with van der Waals surface area (Å²) in [6.45, 7) is 0.155. The van der Waals surface area contributed by atoms with Crippen LogP contribution in [0.4, 0.5) is 13.2 Å². The summed E-state index contributed by atoms with van der Waals surface area (Å²) in [6, 6.07) is 12.3. The number of nitrogens with zero attached hydrogens (tertiary/aromatic N) is 4. The van der Waals surface area contributed by atoms with Crippen LogP contribution < -0.4 is 5.32 Å². The lowest BCUT2D eigenvalue weighted by Crippen LogP contribution is -2.43. The zero-order valence-electron chi connectivity index (χ0n) is 17.6. The van der Waals surface area contributed by atoms with E-state index in [1.807, 2.05) is 0 Å². The molecular weight excluding hydrogens is 447 g/mol. The van der Waals surface area contributed by atoms with Crippen molar-refractivity contribution < 1.29 is 22.8 Å². The number of ketones is 1. The molecule has 1 unspecified atom stereocenters. The van der Waals surface area contributed by atoms with Gasteiger partial charge in [-0.3, -0.25) is 9.59 Å². The number of benzene rings is 2. The minimum atomic E-state index is -4.49. The summed E-state index contributed by atoms with van der Waals surface area (Å²) in [4.78, 5) is 37.9. The summed E-state index contributed by atoms with van der Waals surface area (Å²) in [6.07, 6.45) is 2.69. The molecule has 2 heterocycles. The minimum Gasteiger partial charge on any atom is -0.340 e. The molecule has 4 aromatic rings. The molecule has 0 spiro atoms. The highest BCUT2D eigenvalue weighted by atomic mass is 19.4. The highest BCUT2D eigenvalue weighted by Crippen LogP contribution is 2.31. The van der Waals surface area contributed by atoms with Crippen molar-refractivity contribution in [2.24, 2.45) is 0 Å². The number of aromatic nitrogens is 4. The first kappa shape index (κ1) is 22.8. The van der Waals surface area contributed by atoms with Crippen LogP contribution in [0.3, 0.4) is 0 Å². The molecule has 2 aromatic carbocycles. The van der Waals surface area contributed by atoms with Gasteiger partial charge < -0.3 is 9.88 Å². The SMILES string of the molecule is O=C(NC(Cn1ccnc1)C(=O)c1ccccc1)c1cnc(-c2cccc(C(F)(F)F)c2)nc1. The van der Waals surface area contributed by atoms with E-state index in [0.717, 1.165) is 12.1 Å². The number of nitrogens with one attached hydrogen (secondary N) is 1. The van der Waals surface area contributed by atoms with Crippen LogP contribution in [0, 0.1) is 0 Å². The van der Waals surface area contributed by atoms with Crippen molar-refractivity contribution in [2.45, 2.75) is 18.8 Å². The minimum absolute atomic E-state index is 0.0398. The maximum absolute atomic E-state index is 13.0. The summed E-state index contributed by atoms with van der Waals surface area (Å²) in [5.74, 6) is -0.841. The maximum atomic E-state index is 13.0. The molecule has 34 heavy (non-hydrogen) atoms. The number of imidazole rings is 1. The second-order valence-electron chi connectivity index (χ2n) is 7.39. The number of carbonyl (C=O) groups excluding carboxylic acids is 2. The fourth-order valence-corrected chi connectivity index (χ4v) is 3.27. The normalized spacial score (nSPS) is 12.2. The van der Waals surface area contributed by atoms with E-state index in [1.54, 1.807) is 47.3 Å². The van der Waals surface area contributed by atoms with Gasteiger partial charge in [0.15, 0.2) is 11.6 Å². The van der Waals surface area contributed by atoms with E-state index in [1.165, 1.54) is 30.9 Å². The van der Waals surface area contributed by atoms with E-state index >= 15 is 0 Å². The highest BCUT2D eigenvalue weighted by Gasteiger charge is 2.30. The first-order valence-electron chi connectivity index (χ1n) is 10.2. The molecular formula is C24H18F3N5O2. The van der Waals surface area contributed by atoms with Crippen molar-refractivity contribution in [3.63, 3.8) is 0 Å². The Bertz CT molecular complexity index is 1270. The fourth-order valence-electron chi connectivity index (χ4n) is 3.27.